The number of rotatable bonds is 5. The van der Waals surface area contributed by atoms with Crippen molar-refractivity contribution in [2.24, 2.45) is 0 Å². The summed E-state index contributed by atoms with van der Waals surface area (Å²) in [7, 11) is 0. The molecule has 8 heteroatoms. The Kier molecular flexibility index (Phi) is 6.18. The van der Waals surface area contributed by atoms with E-state index in [9.17, 15) is 18.4 Å². The SMILES string of the molecule is C[C@@H](NC(=O)CN1CCN(C(=O)c2cccs2)CC1)c1ccc(F)cc1F. The lowest BCUT2D eigenvalue weighted by Crippen LogP contribution is -2.51. The summed E-state index contributed by atoms with van der Waals surface area (Å²) in [6.07, 6.45) is 0. The highest BCUT2D eigenvalue weighted by atomic mass is 32.1. The fraction of sp³-hybridized carbons (Fsp3) is 0.368. The number of halogens is 2. The Bertz CT molecular complexity index is 805. The van der Waals surface area contributed by atoms with Crippen LogP contribution in [0.25, 0.3) is 0 Å². The van der Waals surface area contributed by atoms with E-state index in [4.69, 9.17) is 0 Å². The first-order valence-corrected chi connectivity index (χ1v) is 9.61. The van der Waals surface area contributed by atoms with E-state index >= 15 is 0 Å². The number of carbonyl (C=O) groups is 2. The Morgan fingerprint density at radius 1 is 1.19 bits per heavy atom. The number of nitrogens with one attached hydrogen (secondary N) is 1. The molecule has 2 aromatic rings. The van der Waals surface area contributed by atoms with Crippen LogP contribution in [0.1, 0.15) is 28.2 Å². The molecule has 0 spiro atoms. The average molecular weight is 393 g/mol. The van der Waals surface area contributed by atoms with E-state index < -0.39 is 17.7 Å². The normalized spacial score (nSPS) is 16.2. The lowest BCUT2D eigenvalue weighted by atomic mass is 10.1. The summed E-state index contributed by atoms with van der Waals surface area (Å²) < 4.78 is 26.8. The van der Waals surface area contributed by atoms with Crippen LogP contribution in [-0.2, 0) is 4.79 Å². The molecule has 0 unspecified atom stereocenters. The van der Waals surface area contributed by atoms with Gasteiger partial charge >= 0.3 is 0 Å². The molecule has 1 aliphatic heterocycles. The molecule has 144 valence electrons. The zero-order valence-corrected chi connectivity index (χ0v) is 15.8. The Morgan fingerprint density at radius 2 is 1.93 bits per heavy atom. The number of nitrogens with zero attached hydrogens (tertiary/aromatic N) is 2. The third-order valence-corrected chi connectivity index (χ3v) is 5.42. The zero-order chi connectivity index (χ0) is 19.4. The van der Waals surface area contributed by atoms with Gasteiger partial charge in [-0.25, -0.2) is 8.78 Å². The van der Waals surface area contributed by atoms with E-state index in [0.717, 1.165) is 10.9 Å². The summed E-state index contributed by atoms with van der Waals surface area (Å²) in [5.41, 5.74) is 0.246. The molecule has 1 N–H and O–H groups in total. The van der Waals surface area contributed by atoms with Gasteiger partial charge in [-0.15, -0.1) is 11.3 Å². The minimum absolute atomic E-state index is 0.0227. The molecule has 1 aliphatic rings. The number of hydrogen-bond acceptors (Lipinski definition) is 4. The van der Waals surface area contributed by atoms with Crippen molar-refractivity contribution in [3.63, 3.8) is 0 Å². The Labute approximate surface area is 160 Å². The molecule has 27 heavy (non-hydrogen) atoms. The van der Waals surface area contributed by atoms with Crippen LogP contribution in [0.5, 0.6) is 0 Å². The summed E-state index contributed by atoms with van der Waals surface area (Å²) in [5.74, 6) is -1.54. The minimum atomic E-state index is -0.677. The molecule has 1 saturated heterocycles. The molecule has 1 aromatic heterocycles. The van der Waals surface area contributed by atoms with Crippen molar-refractivity contribution >= 4 is 23.2 Å². The molecule has 5 nitrogen and oxygen atoms in total. The predicted molar refractivity (Wildman–Crippen MR) is 99.6 cm³/mol. The largest absolute Gasteiger partial charge is 0.348 e. The number of thiophene rings is 1. The molecule has 0 radical (unpaired) electrons. The summed E-state index contributed by atoms with van der Waals surface area (Å²) >= 11 is 1.42. The highest BCUT2D eigenvalue weighted by Gasteiger charge is 2.24. The summed E-state index contributed by atoms with van der Waals surface area (Å²) in [4.78, 5) is 29.0. The molecule has 2 amide bonds. The topological polar surface area (TPSA) is 52.7 Å². The van der Waals surface area contributed by atoms with E-state index in [-0.39, 0.29) is 23.9 Å². The molecule has 1 fully saturated rings. The van der Waals surface area contributed by atoms with Gasteiger partial charge in [-0.2, -0.15) is 0 Å². The van der Waals surface area contributed by atoms with Gasteiger partial charge in [-0.3, -0.25) is 14.5 Å². The van der Waals surface area contributed by atoms with Gasteiger partial charge in [0, 0.05) is 37.8 Å². The van der Waals surface area contributed by atoms with Gasteiger partial charge in [-0.05, 0) is 24.4 Å². The molecule has 0 aliphatic carbocycles. The van der Waals surface area contributed by atoms with Crippen molar-refractivity contribution in [3.8, 4) is 0 Å². The number of benzene rings is 1. The Balaban J connectivity index is 1.47. The van der Waals surface area contributed by atoms with Crippen molar-refractivity contribution < 1.29 is 18.4 Å². The molecule has 1 atom stereocenters. The minimum Gasteiger partial charge on any atom is -0.348 e. The number of carbonyl (C=O) groups excluding carboxylic acids is 2. The number of piperazine rings is 1. The maximum absolute atomic E-state index is 13.8. The summed E-state index contributed by atoms with van der Waals surface area (Å²) in [6.45, 7) is 4.16. The first kappa shape index (κ1) is 19.4. The van der Waals surface area contributed by atoms with Gasteiger partial charge < -0.3 is 10.2 Å². The number of amides is 2. The van der Waals surface area contributed by atoms with E-state index in [2.05, 4.69) is 5.32 Å². The molecule has 2 heterocycles. The standard InChI is InChI=1S/C19H21F2N3O2S/c1-13(15-5-4-14(20)11-16(15)21)22-18(25)12-23-6-8-24(9-7-23)19(26)17-3-2-10-27-17/h2-5,10-11,13H,6-9,12H2,1H3,(H,22,25)/t13-/m1/s1. The van der Waals surface area contributed by atoms with Crippen LogP contribution in [-0.4, -0.2) is 54.3 Å². The van der Waals surface area contributed by atoms with E-state index in [1.165, 1.54) is 23.5 Å². The van der Waals surface area contributed by atoms with Crippen LogP contribution in [0.15, 0.2) is 35.7 Å². The van der Waals surface area contributed by atoms with Crippen molar-refractivity contribution in [1.82, 2.24) is 15.1 Å². The molecule has 0 bridgehead atoms. The van der Waals surface area contributed by atoms with Gasteiger partial charge in [0.1, 0.15) is 11.6 Å². The van der Waals surface area contributed by atoms with Gasteiger partial charge in [0.15, 0.2) is 0 Å². The van der Waals surface area contributed by atoms with Crippen LogP contribution in [0.4, 0.5) is 8.78 Å². The van der Waals surface area contributed by atoms with Gasteiger partial charge in [-0.1, -0.05) is 12.1 Å². The monoisotopic (exact) mass is 393 g/mol. The smallest absolute Gasteiger partial charge is 0.264 e. The molecular weight excluding hydrogens is 372 g/mol. The second kappa shape index (κ2) is 8.58. The Hall–Kier alpha value is -2.32. The van der Waals surface area contributed by atoms with Crippen molar-refractivity contribution in [1.29, 1.82) is 0 Å². The van der Waals surface area contributed by atoms with E-state index in [0.29, 0.717) is 26.2 Å². The van der Waals surface area contributed by atoms with Crippen molar-refractivity contribution in [2.45, 2.75) is 13.0 Å². The highest BCUT2D eigenvalue weighted by molar-refractivity contribution is 7.12. The van der Waals surface area contributed by atoms with Gasteiger partial charge in [0.05, 0.1) is 17.5 Å². The maximum atomic E-state index is 13.8. The van der Waals surface area contributed by atoms with Crippen molar-refractivity contribution in [3.05, 3.63) is 57.8 Å². The quantitative estimate of drug-likeness (QED) is 0.850. The second-order valence-electron chi connectivity index (χ2n) is 6.50. The maximum Gasteiger partial charge on any atom is 0.264 e. The van der Waals surface area contributed by atoms with Crippen LogP contribution in [0, 0.1) is 11.6 Å². The summed E-state index contributed by atoms with van der Waals surface area (Å²) in [5, 5.41) is 4.61. The highest BCUT2D eigenvalue weighted by Crippen LogP contribution is 2.18. The fourth-order valence-corrected chi connectivity index (χ4v) is 3.78. The number of hydrogen-bond donors (Lipinski definition) is 1. The molecule has 3 rings (SSSR count). The third kappa shape index (κ3) is 4.90. The van der Waals surface area contributed by atoms with Gasteiger partial charge in [0.2, 0.25) is 5.91 Å². The van der Waals surface area contributed by atoms with Crippen LogP contribution in [0.2, 0.25) is 0 Å². The average Bonchev–Trinajstić information content (AvgIpc) is 3.16. The molecule has 0 saturated carbocycles. The van der Waals surface area contributed by atoms with Crippen LogP contribution < -0.4 is 5.32 Å². The van der Waals surface area contributed by atoms with Crippen molar-refractivity contribution in [2.75, 3.05) is 32.7 Å². The second-order valence-corrected chi connectivity index (χ2v) is 7.45. The van der Waals surface area contributed by atoms with E-state index in [1.807, 2.05) is 22.4 Å². The summed E-state index contributed by atoms with van der Waals surface area (Å²) in [6, 6.07) is 6.42. The Morgan fingerprint density at radius 3 is 2.56 bits per heavy atom. The zero-order valence-electron chi connectivity index (χ0n) is 15.0. The predicted octanol–water partition coefficient (Wildman–Crippen LogP) is 2.66. The van der Waals surface area contributed by atoms with E-state index in [1.54, 1.807) is 11.8 Å². The lowest BCUT2D eigenvalue weighted by molar-refractivity contribution is -0.123. The van der Waals surface area contributed by atoms with Crippen LogP contribution in [0.3, 0.4) is 0 Å². The van der Waals surface area contributed by atoms with Gasteiger partial charge in [0.25, 0.3) is 5.91 Å². The lowest BCUT2D eigenvalue weighted by Gasteiger charge is -2.34. The molecule has 1 aromatic carbocycles. The van der Waals surface area contributed by atoms with Crippen LogP contribution >= 0.6 is 11.3 Å². The fourth-order valence-electron chi connectivity index (χ4n) is 3.09. The first-order chi connectivity index (χ1) is 12.9. The molecular formula is C19H21F2N3O2S. The third-order valence-electron chi connectivity index (χ3n) is 4.57. The first-order valence-electron chi connectivity index (χ1n) is 8.73.